The van der Waals surface area contributed by atoms with Gasteiger partial charge in [0.1, 0.15) is 5.82 Å². The van der Waals surface area contributed by atoms with E-state index < -0.39 is 0 Å². The number of amidine groups is 1. The SMILES string of the molecule is NC(=NN=Cc1c(F)cccc1CBr)SCc1ccccc1. The Balaban J connectivity index is 1.99. The maximum absolute atomic E-state index is 13.7. The highest BCUT2D eigenvalue weighted by atomic mass is 79.9. The summed E-state index contributed by atoms with van der Waals surface area (Å²) in [6.07, 6.45) is 1.39. The lowest BCUT2D eigenvalue weighted by molar-refractivity contribution is 0.624. The van der Waals surface area contributed by atoms with Gasteiger partial charge in [-0.15, -0.1) is 5.10 Å². The van der Waals surface area contributed by atoms with E-state index in [-0.39, 0.29) is 5.82 Å². The van der Waals surface area contributed by atoms with Gasteiger partial charge in [-0.25, -0.2) is 4.39 Å². The van der Waals surface area contributed by atoms with Gasteiger partial charge in [0.2, 0.25) is 0 Å². The largest absolute Gasteiger partial charge is 0.377 e. The second-order valence-electron chi connectivity index (χ2n) is 4.40. The highest BCUT2D eigenvalue weighted by molar-refractivity contribution is 9.08. The molecular formula is C16H15BrFN3S. The predicted octanol–water partition coefficient (Wildman–Crippen LogP) is 4.30. The zero-order chi connectivity index (χ0) is 15.8. The van der Waals surface area contributed by atoms with Gasteiger partial charge in [0, 0.05) is 16.6 Å². The number of nitrogens with zero attached hydrogens (tertiary/aromatic N) is 2. The molecule has 0 saturated carbocycles. The van der Waals surface area contributed by atoms with Crippen LogP contribution in [0.25, 0.3) is 0 Å². The van der Waals surface area contributed by atoms with Gasteiger partial charge >= 0.3 is 0 Å². The molecular weight excluding hydrogens is 365 g/mol. The van der Waals surface area contributed by atoms with Crippen molar-refractivity contribution in [2.75, 3.05) is 0 Å². The fourth-order valence-corrected chi connectivity index (χ4v) is 2.85. The molecule has 0 aromatic heterocycles. The zero-order valence-electron chi connectivity index (χ0n) is 11.7. The summed E-state index contributed by atoms with van der Waals surface area (Å²) in [5, 5.41) is 8.67. The predicted molar refractivity (Wildman–Crippen MR) is 96.0 cm³/mol. The number of halogens is 2. The van der Waals surface area contributed by atoms with Crippen molar-refractivity contribution in [1.82, 2.24) is 0 Å². The average Bonchev–Trinajstić information content (AvgIpc) is 2.55. The van der Waals surface area contributed by atoms with E-state index >= 15 is 0 Å². The van der Waals surface area contributed by atoms with Gasteiger partial charge in [-0.2, -0.15) is 5.10 Å². The first-order valence-electron chi connectivity index (χ1n) is 6.57. The van der Waals surface area contributed by atoms with Gasteiger partial charge < -0.3 is 5.73 Å². The number of hydrogen-bond acceptors (Lipinski definition) is 3. The number of rotatable bonds is 5. The minimum atomic E-state index is -0.327. The lowest BCUT2D eigenvalue weighted by Gasteiger charge is -2.02. The van der Waals surface area contributed by atoms with E-state index in [1.165, 1.54) is 24.0 Å². The molecule has 2 N–H and O–H groups in total. The minimum absolute atomic E-state index is 0.327. The third-order valence-electron chi connectivity index (χ3n) is 2.86. The molecule has 0 aliphatic rings. The molecule has 2 aromatic carbocycles. The Morgan fingerprint density at radius 2 is 1.95 bits per heavy atom. The first-order valence-corrected chi connectivity index (χ1v) is 8.68. The van der Waals surface area contributed by atoms with E-state index in [4.69, 9.17) is 5.73 Å². The Labute approximate surface area is 141 Å². The summed E-state index contributed by atoms with van der Waals surface area (Å²) in [6.45, 7) is 0. The summed E-state index contributed by atoms with van der Waals surface area (Å²) in [5.41, 5.74) is 8.18. The van der Waals surface area contributed by atoms with Crippen LogP contribution < -0.4 is 5.73 Å². The summed E-state index contributed by atoms with van der Waals surface area (Å²) in [6, 6.07) is 14.8. The van der Waals surface area contributed by atoms with Gasteiger partial charge in [-0.1, -0.05) is 70.2 Å². The van der Waals surface area contributed by atoms with Crippen LogP contribution in [0.1, 0.15) is 16.7 Å². The normalized spacial score (nSPS) is 12.0. The molecule has 0 saturated heterocycles. The smallest absolute Gasteiger partial charge is 0.180 e. The summed E-state index contributed by atoms with van der Waals surface area (Å²) < 4.78 is 13.7. The van der Waals surface area contributed by atoms with Crippen molar-refractivity contribution < 1.29 is 4.39 Å². The molecule has 22 heavy (non-hydrogen) atoms. The second-order valence-corrected chi connectivity index (χ2v) is 5.96. The van der Waals surface area contributed by atoms with E-state index in [2.05, 4.69) is 26.1 Å². The van der Waals surface area contributed by atoms with Crippen molar-refractivity contribution in [2.24, 2.45) is 15.9 Å². The molecule has 0 radical (unpaired) electrons. The van der Waals surface area contributed by atoms with Crippen LogP contribution in [0, 0.1) is 5.82 Å². The highest BCUT2D eigenvalue weighted by Gasteiger charge is 2.04. The number of hydrogen-bond donors (Lipinski definition) is 1. The Morgan fingerprint density at radius 1 is 1.18 bits per heavy atom. The average molecular weight is 380 g/mol. The maximum atomic E-state index is 13.7. The van der Waals surface area contributed by atoms with Crippen LogP contribution in [0.4, 0.5) is 4.39 Å². The molecule has 0 amide bonds. The van der Waals surface area contributed by atoms with Crippen LogP contribution in [0.2, 0.25) is 0 Å². The Hall–Kier alpha value is -1.66. The van der Waals surface area contributed by atoms with E-state index in [1.54, 1.807) is 6.07 Å². The number of alkyl halides is 1. The molecule has 0 aliphatic heterocycles. The van der Waals surface area contributed by atoms with Crippen LogP contribution in [0.15, 0.2) is 58.7 Å². The number of benzene rings is 2. The van der Waals surface area contributed by atoms with Crippen LogP contribution in [-0.4, -0.2) is 11.4 Å². The lowest BCUT2D eigenvalue weighted by atomic mass is 10.1. The van der Waals surface area contributed by atoms with Crippen LogP contribution in [-0.2, 0) is 11.1 Å². The van der Waals surface area contributed by atoms with Crippen molar-refractivity contribution in [3.63, 3.8) is 0 Å². The van der Waals surface area contributed by atoms with Crippen molar-refractivity contribution in [1.29, 1.82) is 0 Å². The van der Waals surface area contributed by atoms with Crippen LogP contribution >= 0.6 is 27.7 Å². The molecule has 0 fully saturated rings. The van der Waals surface area contributed by atoms with Gasteiger partial charge in [0.05, 0.1) is 6.21 Å². The monoisotopic (exact) mass is 379 g/mol. The molecule has 2 rings (SSSR count). The highest BCUT2D eigenvalue weighted by Crippen LogP contribution is 2.15. The topological polar surface area (TPSA) is 50.7 Å². The standard InChI is InChI=1S/C16H15BrFN3S/c17-9-13-7-4-8-15(18)14(13)10-20-21-16(19)22-11-12-5-2-1-3-6-12/h1-8,10H,9,11H2,(H2,19,21). The summed E-state index contributed by atoms with van der Waals surface area (Å²) >= 11 is 4.71. The van der Waals surface area contributed by atoms with Crippen molar-refractivity contribution >= 4 is 39.1 Å². The molecule has 0 bridgehead atoms. The van der Waals surface area contributed by atoms with Crippen molar-refractivity contribution in [3.8, 4) is 0 Å². The van der Waals surface area contributed by atoms with Gasteiger partial charge in [-0.3, -0.25) is 0 Å². The molecule has 0 unspecified atom stereocenters. The molecule has 0 heterocycles. The zero-order valence-corrected chi connectivity index (χ0v) is 14.1. The molecule has 2 aromatic rings. The quantitative estimate of drug-likeness (QED) is 0.364. The van der Waals surface area contributed by atoms with Crippen molar-refractivity contribution in [3.05, 3.63) is 71.0 Å². The third-order valence-corrected chi connectivity index (χ3v) is 4.32. The van der Waals surface area contributed by atoms with Gasteiger partial charge in [0.15, 0.2) is 5.17 Å². The molecule has 114 valence electrons. The van der Waals surface area contributed by atoms with E-state index in [1.807, 2.05) is 36.4 Å². The van der Waals surface area contributed by atoms with Crippen molar-refractivity contribution in [2.45, 2.75) is 11.1 Å². The van der Waals surface area contributed by atoms with E-state index in [0.29, 0.717) is 16.1 Å². The van der Waals surface area contributed by atoms with E-state index in [0.717, 1.165) is 16.9 Å². The lowest BCUT2D eigenvalue weighted by Crippen LogP contribution is -2.06. The van der Waals surface area contributed by atoms with E-state index in [9.17, 15) is 4.39 Å². The van der Waals surface area contributed by atoms with Crippen LogP contribution in [0.5, 0.6) is 0 Å². The summed E-state index contributed by atoms with van der Waals surface area (Å²) in [4.78, 5) is 0. The maximum Gasteiger partial charge on any atom is 0.180 e. The number of nitrogens with two attached hydrogens (primary N) is 1. The second kappa shape index (κ2) is 8.70. The molecule has 0 aliphatic carbocycles. The molecule has 0 atom stereocenters. The molecule has 6 heteroatoms. The Bertz CT molecular complexity index is 674. The summed E-state index contributed by atoms with van der Waals surface area (Å²) in [5.74, 6) is 0.393. The fourth-order valence-electron chi connectivity index (χ4n) is 1.75. The van der Waals surface area contributed by atoms with Crippen LogP contribution in [0.3, 0.4) is 0 Å². The first kappa shape index (κ1) is 16.7. The summed E-state index contributed by atoms with van der Waals surface area (Å²) in [7, 11) is 0. The van der Waals surface area contributed by atoms with Gasteiger partial charge in [0.25, 0.3) is 0 Å². The fraction of sp³-hybridized carbons (Fsp3) is 0.125. The Kier molecular flexibility index (Phi) is 6.61. The third kappa shape index (κ3) is 4.96. The van der Waals surface area contributed by atoms with Gasteiger partial charge in [-0.05, 0) is 17.2 Å². The minimum Gasteiger partial charge on any atom is -0.377 e. The Morgan fingerprint density at radius 3 is 2.68 bits per heavy atom. The molecule has 0 spiro atoms. The first-order chi connectivity index (χ1) is 10.7. The number of thioether (sulfide) groups is 1. The molecule has 3 nitrogen and oxygen atoms in total.